The van der Waals surface area contributed by atoms with Crippen LogP contribution in [-0.2, 0) is 14.3 Å². The number of ether oxygens (including phenoxy) is 1. The molecule has 20 heavy (non-hydrogen) atoms. The summed E-state index contributed by atoms with van der Waals surface area (Å²) in [6.45, 7) is 4.15. The third kappa shape index (κ3) is 5.08. The summed E-state index contributed by atoms with van der Waals surface area (Å²) in [5.74, 6) is -1.26. The molecular formula is C16H26O4. The lowest BCUT2D eigenvalue weighted by Crippen LogP contribution is -2.26. The van der Waals surface area contributed by atoms with Gasteiger partial charge in [-0.25, -0.2) is 0 Å². The topological polar surface area (TPSA) is 63.6 Å². The fourth-order valence-corrected chi connectivity index (χ4v) is 2.59. The Kier molecular flexibility index (Phi) is 7.52. The lowest BCUT2D eigenvalue weighted by atomic mass is 9.94. The van der Waals surface area contributed by atoms with Crippen molar-refractivity contribution in [2.24, 2.45) is 11.8 Å². The smallest absolute Gasteiger partial charge is 0.317 e. The highest BCUT2D eigenvalue weighted by molar-refractivity contribution is 6.01. The molecule has 1 fully saturated rings. The summed E-state index contributed by atoms with van der Waals surface area (Å²) >= 11 is 0. The number of ketones is 1. The van der Waals surface area contributed by atoms with Crippen molar-refractivity contribution in [1.29, 1.82) is 0 Å². The van der Waals surface area contributed by atoms with E-state index in [2.05, 4.69) is 6.92 Å². The van der Waals surface area contributed by atoms with Crippen LogP contribution in [0.1, 0.15) is 52.4 Å². The molecule has 0 heterocycles. The van der Waals surface area contributed by atoms with Gasteiger partial charge >= 0.3 is 5.97 Å². The summed E-state index contributed by atoms with van der Waals surface area (Å²) in [5.41, 5.74) is 0. The van der Waals surface area contributed by atoms with Crippen LogP contribution in [0.2, 0.25) is 0 Å². The van der Waals surface area contributed by atoms with Crippen molar-refractivity contribution < 1.29 is 19.4 Å². The first kappa shape index (κ1) is 16.9. The number of aliphatic hydroxyl groups is 1. The Morgan fingerprint density at radius 2 is 2.20 bits per heavy atom. The van der Waals surface area contributed by atoms with Gasteiger partial charge in [0.1, 0.15) is 11.7 Å². The van der Waals surface area contributed by atoms with E-state index in [0.29, 0.717) is 19.4 Å². The summed E-state index contributed by atoms with van der Waals surface area (Å²) in [6.07, 6.45) is 8.11. The predicted octanol–water partition coefficient (Wildman–Crippen LogP) is 2.64. The first-order valence-corrected chi connectivity index (χ1v) is 7.65. The monoisotopic (exact) mass is 282 g/mol. The number of Topliss-reactive ketones (excluding diaryl/α,β-unsaturated/α-hetero) is 1. The van der Waals surface area contributed by atoms with Gasteiger partial charge in [0.25, 0.3) is 0 Å². The minimum atomic E-state index is -0.672. The molecule has 4 heteroatoms. The number of hydrogen-bond acceptors (Lipinski definition) is 4. The van der Waals surface area contributed by atoms with Crippen molar-refractivity contribution >= 4 is 11.8 Å². The SMILES string of the molecule is CCCCCC(O)C=CC1CCC(=O)C1C(=O)OCC. The zero-order valence-electron chi connectivity index (χ0n) is 12.5. The maximum absolute atomic E-state index is 11.8. The Labute approximate surface area is 121 Å². The quantitative estimate of drug-likeness (QED) is 0.322. The minimum Gasteiger partial charge on any atom is -0.465 e. The fourth-order valence-electron chi connectivity index (χ4n) is 2.59. The summed E-state index contributed by atoms with van der Waals surface area (Å²) in [6, 6.07) is 0. The molecule has 0 aliphatic heterocycles. The first-order chi connectivity index (χ1) is 9.60. The van der Waals surface area contributed by atoms with Crippen LogP contribution < -0.4 is 0 Å². The molecule has 0 radical (unpaired) electrons. The molecule has 0 saturated heterocycles. The summed E-state index contributed by atoms with van der Waals surface area (Å²) < 4.78 is 4.96. The standard InChI is InChI=1S/C16H26O4/c1-3-5-6-7-13(17)10-8-12-9-11-14(18)15(12)16(19)20-4-2/h8,10,12-13,15,17H,3-7,9,11H2,1-2H3. The number of aliphatic hydroxyl groups excluding tert-OH is 1. The van der Waals surface area contributed by atoms with Crippen LogP contribution >= 0.6 is 0 Å². The maximum Gasteiger partial charge on any atom is 0.317 e. The van der Waals surface area contributed by atoms with Crippen LogP contribution in [0.4, 0.5) is 0 Å². The maximum atomic E-state index is 11.8. The molecule has 0 aromatic rings. The molecular weight excluding hydrogens is 256 g/mol. The third-order valence-corrected chi connectivity index (χ3v) is 3.72. The minimum absolute atomic E-state index is 0.0430. The summed E-state index contributed by atoms with van der Waals surface area (Å²) in [4.78, 5) is 23.5. The van der Waals surface area contributed by atoms with E-state index in [1.54, 1.807) is 13.0 Å². The summed E-state index contributed by atoms with van der Waals surface area (Å²) in [7, 11) is 0. The molecule has 3 unspecified atom stereocenters. The molecule has 1 saturated carbocycles. The molecule has 0 aromatic carbocycles. The second kappa shape index (κ2) is 8.90. The number of allylic oxidation sites excluding steroid dienone is 1. The van der Waals surface area contributed by atoms with Crippen molar-refractivity contribution in [2.45, 2.75) is 58.5 Å². The van der Waals surface area contributed by atoms with Gasteiger partial charge in [-0.3, -0.25) is 9.59 Å². The molecule has 0 spiro atoms. The number of carbonyl (C=O) groups is 2. The lowest BCUT2D eigenvalue weighted by molar-refractivity contribution is -0.151. The van der Waals surface area contributed by atoms with Gasteiger partial charge in [-0.15, -0.1) is 0 Å². The van der Waals surface area contributed by atoms with E-state index in [1.165, 1.54) is 0 Å². The molecule has 0 bridgehead atoms. The largest absolute Gasteiger partial charge is 0.465 e. The van der Waals surface area contributed by atoms with Gasteiger partial charge in [0.2, 0.25) is 0 Å². The average molecular weight is 282 g/mol. The highest BCUT2D eigenvalue weighted by Gasteiger charge is 2.39. The number of unbranched alkanes of at least 4 members (excludes halogenated alkanes) is 2. The van der Waals surface area contributed by atoms with E-state index < -0.39 is 18.0 Å². The van der Waals surface area contributed by atoms with Crippen LogP contribution in [-0.4, -0.2) is 29.6 Å². The van der Waals surface area contributed by atoms with Gasteiger partial charge in [0, 0.05) is 6.42 Å². The number of esters is 1. The molecule has 4 nitrogen and oxygen atoms in total. The van der Waals surface area contributed by atoms with E-state index in [4.69, 9.17) is 4.74 Å². The Bertz CT molecular complexity index is 348. The molecule has 114 valence electrons. The third-order valence-electron chi connectivity index (χ3n) is 3.72. The van der Waals surface area contributed by atoms with Crippen molar-refractivity contribution in [3.05, 3.63) is 12.2 Å². The van der Waals surface area contributed by atoms with E-state index in [1.807, 2.05) is 6.08 Å². The Hall–Kier alpha value is -1.16. The molecule has 0 amide bonds. The van der Waals surface area contributed by atoms with Crippen molar-refractivity contribution in [1.82, 2.24) is 0 Å². The Morgan fingerprint density at radius 3 is 2.85 bits per heavy atom. The fraction of sp³-hybridized carbons (Fsp3) is 0.750. The van der Waals surface area contributed by atoms with Crippen LogP contribution in [0.15, 0.2) is 12.2 Å². The number of carbonyl (C=O) groups excluding carboxylic acids is 2. The van der Waals surface area contributed by atoms with Gasteiger partial charge in [0.05, 0.1) is 12.7 Å². The number of hydrogen-bond donors (Lipinski definition) is 1. The van der Waals surface area contributed by atoms with Gasteiger partial charge in [-0.1, -0.05) is 38.3 Å². The highest BCUT2D eigenvalue weighted by atomic mass is 16.5. The molecule has 1 rings (SSSR count). The van der Waals surface area contributed by atoms with Gasteiger partial charge in [-0.05, 0) is 25.7 Å². The van der Waals surface area contributed by atoms with Crippen molar-refractivity contribution in [3.8, 4) is 0 Å². The van der Waals surface area contributed by atoms with Crippen LogP contribution in [0, 0.1) is 11.8 Å². The van der Waals surface area contributed by atoms with Gasteiger partial charge < -0.3 is 9.84 Å². The second-order valence-corrected chi connectivity index (χ2v) is 5.35. The Balaban J connectivity index is 2.52. The summed E-state index contributed by atoms with van der Waals surface area (Å²) in [5, 5.41) is 9.84. The van der Waals surface area contributed by atoms with E-state index in [9.17, 15) is 14.7 Å². The van der Waals surface area contributed by atoms with E-state index in [-0.39, 0.29) is 11.7 Å². The average Bonchev–Trinajstić information content (AvgIpc) is 2.78. The zero-order chi connectivity index (χ0) is 15.0. The first-order valence-electron chi connectivity index (χ1n) is 7.65. The van der Waals surface area contributed by atoms with Gasteiger partial charge in [0.15, 0.2) is 0 Å². The number of rotatable bonds is 8. The molecule has 3 atom stereocenters. The van der Waals surface area contributed by atoms with Crippen LogP contribution in [0.25, 0.3) is 0 Å². The molecule has 1 aliphatic rings. The molecule has 0 aromatic heterocycles. The zero-order valence-corrected chi connectivity index (χ0v) is 12.5. The lowest BCUT2D eigenvalue weighted by Gasteiger charge is -2.14. The molecule has 1 N–H and O–H groups in total. The van der Waals surface area contributed by atoms with Crippen molar-refractivity contribution in [3.63, 3.8) is 0 Å². The second-order valence-electron chi connectivity index (χ2n) is 5.35. The van der Waals surface area contributed by atoms with E-state index >= 15 is 0 Å². The molecule has 1 aliphatic carbocycles. The normalized spacial score (nSPS) is 24.2. The Morgan fingerprint density at radius 1 is 1.45 bits per heavy atom. The van der Waals surface area contributed by atoms with Gasteiger partial charge in [-0.2, -0.15) is 0 Å². The predicted molar refractivity (Wildman–Crippen MR) is 77.1 cm³/mol. The van der Waals surface area contributed by atoms with Crippen LogP contribution in [0.5, 0.6) is 0 Å². The van der Waals surface area contributed by atoms with E-state index in [0.717, 1.165) is 25.7 Å². The van der Waals surface area contributed by atoms with Crippen LogP contribution in [0.3, 0.4) is 0 Å². The van der Waals surface area contributed by atoms with Crippen molar-refractivity contribution in [2.75, 3.05) is 6.61 Å². The highest BCUT2D eigenvalue weighted by Crippen LogP contribution is 2.31.